The highest BCUT2D eigenvalue weighted by Gasteiger charge is 2.32. The van der Waals surface area contributed by atoms with Crippen LogP contribution < -0.4 is 5.32 Å². The van der Waals surface area contributed by atoms with Crippen LogP contribution >= 0.6 is 12.4 Å². The Morgan fingerprint density at radius 1 is 1.17 bits per heavy atom. The van der Waals surface area contributed by atoms with Gasteiger partial charge in [0.15, 0.2) is 0 Å². The van der Waals surface area contributed by atoms with Gasteiger partial charge in [0.1, 0.15) is 0 Å². The zero-order chi connectivity index (χ0) is 14.5. The van der Waals surface area contributed by atoms with Crippen molar-refractivity contribution in [3.63, 3.8) is 0 Å². The summed E-state index contributed by atoms with van der Waals surface area (Å²) in [5.41, 5.74) is 5.22. The molecular weight excluding hydrogens is 310 g/mol. The predicted molar refractivity (Wildman–Crippen MR) is 91.7 cm³/mol. The number of hydrogen-bond acceptors (Lipinski definition) is 3. The molecule has 4 nitrogen and oxygen atoms in total. The molecule has 0 spiro atoms. The second kappa shape index (κ2) is 5.93. The molecule has 2 atom stereocenters. The molecule has 1 aromatic heterocycles. The Morgan fingerprint density at radius 2 is 2.09 bits per heavy atom. The van der Waals surface area contributed by atoms with Crippen LogP contribution in [0, 0.1) is 0 Å². The number of rotatable bonds is 2. The first-order valence-electron chi connectivity index (χ1n) is 8.41. The molecule has 1 aliphatic carbocycles. The van der Waals surface area contributed by atoms with Gasteiger partial charge in [-0.3, -0.25) is 4.68 Å². The lowest BCUT2D eigenvalue weighted by Crippen LogP contribution is -2.42. The van der Waals surface area contributed by atoms with E-state index in [0.717, 1.165) is 13.2 Å². The number of fused-ring (bicyclic) bond motifs is 3. The zero-order valence-electron chi connectivity index (χ0n) is 13.1. The maximum Gasteiger partial charge on any atom is 0.0774 e. The molecule has 2 aromatic rings. The lowest BCUT2D eigenvalue weighted by Gasteiger charge is -2.38. The fraction of sp³-hybridized carbons (Fsp3) is 0.500. The number of aromatic nitrogens is 2. The molecule has 23 heavy (non-hydrogen) atoms. The Labute approximate surface area is 142 Å². The summed E-state index contributed by atoms with van der Waals surface area (Å²) in [7, 11) is 0. The van der Waals surface area contributed by atoms with Crippen molar-refractivity contribution in [1.29, 1.82) is 0 Å². The van der Waals surface area contributed by atoms with Crippen molar-refractivity contribution >= 4 is 12.4 Å². The molecule has 0 radical (unpaired) electrons. The summed E-state index contributed by atoms with van der Waals surface area (Å²) in [6.07, 6.45) is 9.46. The Morgan fingerprint density at radius 3 is 2.96 bits per heavy atom. The van der Waals surface area contributed by atoms with E-state index in [-0.39, 0.29) is 12.4 Å². The van der Waals surface area contributed by atoms with Crippen LogP contribution in [0.15, 0.2) is 30.6 Å². The van der Waals surface area contributed by atoms with Gasteiger partial charge in [-0.2, -0.15) is 5.10 Å². The van der Waals surface area contributed by atoms with Crippen LogP contribution in [0.3, 0.4) is 0 Å². The van der Waals surface area contributed by atoms with E-state index in [1.165, 1.54) is 47.9 Å². The van der Waals surface area contributed by atoms with Crippen LogP contribution in [-0.4, -0.2) is 22.4 Å². The van der Waals surface area contributed by atoms with E-state index >= 15 is 0 Å². The Kier molecular flexibility index (Phi) is 3.92. The smallest absolute Gasteiger partial charge is 0.0774 e. The number of benzene rings is 1. The van der Waals surface area contributed by atoms with E-state index in [1.54, 1.807) is 0 Å². The lowest BCUT2D eigenvalue weighted by molar-refractivity contribution is -0.0177. The fourth-order valence-electron chi connectivity index (χ4n) is 3.79. The zero-order valence-corrected chi connectivity index (χ0v) is 13.9. The predicted octanol–water partition coefficient (Wildman–Crippen LogP) is 3.63. The molecule has 1 aromatic carbocycles. The Hall–Kier alpha value is -1.36. The summed E-state index contributed by atoms with van der Waals surface area (Å²) in [4.78, 5) is 0. The van der Waals surface area contributed by atoms with Crippen molar-refractivity contribution in [2.75, 3.05) is 6.54 Å². The van der Waals surface area contributed by atoms with Crippen molar-refractivity contribution in [3.05, 3.63) is 41.7 Å². The minimum absolute atomic E-state index is 0. The third-order valence-corrected chi connectivity index (χ3v) is 5.19. The number of piperidine rings is 1. The summed E-state index contributed by atoms with van der Waals surface area (Å²) in [6.45, 7) is 1.84. The van der Waals surface area contributed by atoms with E-state index in [2.05, 4.69) is 39.5 Å². The van der Waals surface area contributed by atoms with Gasteiger partial charge < -0.3 is 10.1 Å². The Bertz CT molecular complexity index is 710. The molecule has 122 valence electrons. The van der Waals surface area contributed by atoms with E-state index in [0.29, 0.717) is 18.2 Å². The molecule has 5 heteroatoms. The molecule has 0 amide bonds. The van der Waals surface area contributed by atoms with Gasteiger partial charge in [0, 0.05) is 11.8 Å². The van der Waals surface area contributed by atoms with E-state index < -0.39 is 0 Å². The first-order chi connectivity index (χ1) is 10.9. The highest BCUT2D eigenvalue weighted by molar-refractivity contribution is 5.85. The van der Waals surface area contributed by atoms with Crippen LogP contribution in [-0.2, 0) is 11.3 Å². The van der Waals surface area contributed by atoms with Gasteiger partial charge >= 0.3 is 0 Å². The van der Waals surface area contributed by atoms with Crippen LogP contribution in [0.1, 0.15) is 48.9 Å². The van der Waals surface area contributed by atoms with E-state index in [1.807, 2.05) is 6.20 Å². The van der Waals surface area contributed by atoms with Gasteiger partial charge in [-0.15, -0.1) is 12.4 Å². The molecule has 5 rings (SSSR count). The minimum atomic E-state index is 0. The van der Waals surface area contributed by atoms with E-state index in [9.17, 15) is 0 Å². The number of halogens is 1. The second-order valence-corrected chi connectivity index (χ2v) is 6.78. The molecule has 0 unspecified atom stereocenters. The molecule has 0 bridgehead atoms. The molecule has 1 N–H and O–H groups in total. The Balaban J connectivity index is 0.00000135. The highest BCUT2D eigenvalue weighted by atomic mass is 35.5. The normalized spacial score (nSPS) is 26.1. The summed E-state index contributed by atoms with van der Waals surface area (Å²) in [6, 6.07) is 7.84. The van der Waals surface area contributed by atoms with Gasteiger partial charge in [0.2, 0.25) is 0 Å². The number of nitrogens with zero attached hydrogens (tertiary/aromatic N) is 2. The SMILES string of the molecule is Cl.c1cc2c(cc1-c1cnn(C3CC3)c1)CO[C@H]1CCCN[C@@H]21. The first-order valence-corrected chi connectivity index (χ1v) is 8.41. The topological polar surface area (TPSA) is 39.1 Å². The van der Waals surface area contributed by atoms with Crippen LogP contribution in [0.25, 0.3) is 11.1 Å². The molecule has 2 aliphatic heterocycles. The number of nitrogens with one attached hydrogen (secondary N) is 1. The lowest BCUT2D eigenvalue weighted by atomic mass is 9.88. The summed E-state index contributed by atoms with van der Waals surface area (Å²) in [5.74, 6) is 0. The summed E-state index contributed by atoms with van der Waals surface area (Å²) >= 11 is 0. The maximum atomic E-state index is 6.07. The maximum absolute atomic E-state index is 6.07. The quantitative estimate of drug-likeness (QED) is 0.913. The van der Waals surface area contributed by atoms with Crippen LogP contribution in [0.4, 0.5) is 0 Å². The number of ether oxygens (including phenoxy) is 1. The second-order valence-electron chi connectivity index (χ2n) is 6.78. The van der Waals surface area contributed by atoms with Gasteiger partial charge in [-0.1, -0.05) is 12.1 Å². The van der Waals surface area contributed by atoms with Crippen LogP contribution in [0.2, 0.25) is 0 Å². The van der Waals surface area contributed by atoms with Gasteiger partial charge in [0.05, 0.1) is 31.0 Å². The monoisotopic (exact) mass is 331 g/mol. The summed E-state index contributed by atoms with van der Waals surface area (Å²) in [5, 5.41) is 8.13. The van der Waals surface area contributed by atoms with Gasteiger partial charge in [-0.05, 0) is 55.0 Å². The average molecular weight is 332 g/mol. The fourth-order valence-corrected chi connectivity index (χ4v) is 3.79. The van der Waals surface area contributed by atoms with Crippen molar-refractivity contribution in [1.82, 2.24) is 15.1 Å². The highest BCUT2D eigenvalue weighted by Crippen LogP contribution is 2.37. The average Bonchev–Trinajstić information content (AvgIpc) is 3.31. The van der Waals surface area contributed by atoms with E-state index in [4.69, 9.17) is 4.74 Å². The van der Waals surface area contributed by atoms with Gasteiger partial charge in [0.25, 0.3) is 0 Å². The standard InChI is InChI=1S/C18H21N3O.ClH/c1-2-17-18(19-7-1)16-6-3-12(8-13(16)11-22-17)14-9-20-21(10-14)15-4-5-15;/h3,6,8-10,15,17-19H,1-2,4-5,7,11H2;1H/t17-,18-;/m0./s1. The van der Waals surface area contributed by atoms with Crippen molar-refractivity contribution < 1.29 is 4.74 Å². The molecular formula is C18H22ClN3O. The molecule has 3 aliphatic rings. The largest absolute Gasteiger partial charge is 0.372 e. The van der Waals surface area contributed by atoms with Crippen molar-refractivity contribution in [2.24, 2.45) is 0 Å². The first kappa shape index (κ1) is 15.2. The molecule has 3 heterocycles. The summed E-state index contributed by atoms with van der Waals surface area (Å²) < 4.78 is 8.18. The molecule has 1 saturated heterocycles. The molecule has 1 saturated carbocycles. The molecule has 2 fully saturated rings. The van der Waals surface area contributed by atoms with Crippen molar-refractivity contribution in [3.8, 4) is 11.1 Å². The van der Waals surface area contributed by atoms with Gasteiger partial charge in [-0.25, -0.2) is 0 Å². The number of hydrogen-bond donors (Lipinski definition) is 1. The third kappa shape index (κ3) is 2.69. The van der Waals surface area contributed by atoms with Crippen molar-refractivity contribution in [2.45, 2.75) is 50.5 Å². The third-order valence-electron chi connectivity index (χ3n) is 5.19. The minimum Gasteiger partial charge on any atom is -0.372 e. The van der Waals surface area contributed by atoms with Crippen LogP contribution in [0.5, 0.6) is 0 Å².